The molecule has 0 aliphatic heterocycles. The fourth-order valence-corrected chi connectivity index (χ4v) is 6.43. The molecule has 5 aromatic carbocycles. The van der Waals surface area contributed by atoms with E-state index in [9.17, 15) is 23.1 Å². The molecule has 54 heavy (non-hydrogen) atoms. The number of aryl methyl sites for hydroxylation is 2. The first-order valence-electron chi connectivity index (χ1n) is 17.5. The number of carbonyl (C=O) groups excluding carboxylic acids is 1. The van der Waals surface area contributed by atoms with Crippen molar-refractivity contribution in [2.75, 3.05) is 0 Å². The molecule has 7 rings (SSSR count). The number of fused-ring (bicyclic) bond motifs is 6. The Morgan fingerprint density at radius 1 is 0.704 bits per heavy atom. The number of hydrogen-bond donors (Lipinski definition) is 1. The fraction of sp³-hybridized carbons (Fsp3) is 0.239. The number of nitrogens with zero attached hydrogens (tertiary/aromatic N) is 2. The molecule has 0 fully saturated rings. The molecular weight excluding hydrogens is 862 g/mol. The van der Waals surface area contributed by atoms with Crippen LogP contribution in [0.25, 0.3) is 65.6 Å². The van der Waals surface area contributed by atoms with Crippen LogP contribution in [0.4, 0.5) is 13.2 Å². The number of rotatable bonds is 3. The van der Waals surface area contributed by atoms with Crippen molar-refractivity contribution in [3.05, 3.63) is 132 Å². The summed E-state index contributed by atoms with van der Waals surface area (Å²) in [6.07, 6.45) is 0.221. The smallest absolute Gasteiger partial charge is 0.418 e. The van der Waals surface area contributed by atoms with Crippen LogP contribution < -0.4 is 0 Å². The third kappa shape index (κ3) is 8.25. The van der Waals surface area contributed by atoms with Gasteiger partial charge in [-0.15, -0.1) is 34.9 Å². The quantitative estimate of drug-likeness (QED) is 0.0631. The topological polar surface area (TPSA) is 67.4 Å². The van der Waals surface area contributed by atoms with Crippen molar-refractivity contribution in [1.82, 2.24) is 9.97 Å². The Bertz CT molecular complexity index is 2560. The zero-order valence-electron chi connectivity index (χ0n) is 31.6. The number of halogens is 3. The summed E-state index contributed by atoms with van der Waals surface area (Å²) in [6, 6.07) is 30.3. The molecule has 1 radical (unpaired) electrons. The Morgan fingerprint density at radius 2 is 1.35 bits per heavy atom. The van der Waals surface area contributed by atoms with Gasteiger partial charge in [0.2, 0.25) is 0 Å². The summed E-state index contributed by atoms with van der Waals surface area (Å²) in [6.45, 7) is 15.5. The number of aromatic nitrogens is 2. The molecule has 2 aromatic heterocycles. The molecule has 0 unspecified atom stereocenters. The number of ketones is 1. The van der Waals surface area contributed by atoms with Crippen molar-refractivity contribution in [2.45, 2.75) is 61.6 Å². The molecule has 0 bridgehead atoms. The molecule has 0 aliphatic carbocycles. The van der Waals surface area contributed by atoms with Crippen LogP contribution in [0.3, 0.4) is 0 Å². The molecule has 2 heterocycles. The average Bonchev–Trinajstić information content (AvgIpc) is 3.09. The van der Waals surface area contributed by atoms with Crippen LogP contribution >= 0.6 is 0 Å². The number of allylic oxidation sites excluding steroid dienone is 2. The Hall–Kier alpha value is -4.91. The van der Waals surface area contributed by atoms with Gasteiger partial charge in [0.15, 0.2) is 0 Å². The van der Waals surface area contributed by atoms with Crippen molar-refractivity contribution < 1.29 is 43.2 Å². The number of aliphatic hydroxyl groups is 1. The molecule has 4 nitrogen and oxygen atoms in total. The van der Waals surface area contributed by atoms with E-state index in [4.69, 9.17) is 4.98 Å². The summed E-state index contributed by atoms with van der Waals surface area (Å²) in [4.78, 5) is 18.4. The molecule has 0 amide bonds. The number of benzene rings is 5. The van der Waals surface area contributed by atoms with Gasteiger partial charge in [-0.25, -0.2) is 0 Å². The molecule has 7 aromatic rings. The van der Waals surface area contributed by atoms with Crippen molar-refractivity contribution in [3.8, 4) is 22.4 Å². The van der Waals surface area contributed by atoms with Crippen molar-refractivity contribution in [3.63, 3.8) is 0 Å². The Morgan fingerprint density at radius 3 is 2.02 bits per heavy atom. The zero-order valence-corrected chi connectivity index (χ0v) is 34.0. The van der Waals surface area contributed by atoms with E-state index in [2.05, 4.69) is 60.4 Å². The first kappa shape index (κ1) is 40.3. The number of aliphatic hydroxyl groups excluding tert-OH is 1. The van der Waals surface area contributed by atoms with Crippen LogP contribution in [0.1, 0.15) is 58.2 Å². The minimum absolute atomic E-state index is 0. The second kappa shape index (κ2) is 15.1. The van der Waals surface area contributed by atoms with Crippen LogP contribution in [-0.4, -0.2) is 25.7 Å². The molecule has 0 saturated heterocycles. The third-order valence-electron chi connectivity index (χ3n) is 9.36. The number of pyridine rings is 2. The Kier molecular flexibility index (Phi) is 11.2. The number of hydrogen-bond acceptors (Lipinski definition) is 3. The molecule has 0 spiro atoms. The van der Waals surface area contributed by atoms with E-state index in [1.807, 2.05) is 72.9 Å². The van der Waals surface area contributed by atoms with Crippen molar-refractivity contribution in [1.29, 1.82) is 0 Å². The van der Waals surface area contributed by atoms with E-state index in [0.29, 0.717) is 5.39 Å². The second-order valence-electron chi connectivity index (χ2n) is 15.6. The van der Waals surface area contributed by atoms with Crippen molar-refractivity contribution >= 4 is 49.0 Å². The summed E-state index contributed by atoms with van der Waals surface area (Å²) in [5.74, 6) is 0.417. The summed E-state index contributed by atoms with van der Waals surface area (Å²) in [7, 11) is 0. The van der Waals surface area contributed by atoms with Gasteiger partial charge in [0.1, 0.15) is 5.76 Å². The van der Waals surface area contributed by atoms with Gasteiger partial charge in [-0.2, -0.15) is 13.2 Å². The Labute approximate surface area is 327 Å². The standard InChI is InChI=1S/C35H22F3N2.C11H20O2.Ir/c1-20-16-21(2)18-24(17-20)33-31-10-9-27-25-7-5-23(19-22(25)6-8-28(27)29(31)13-15-40-33)26-11-12-32(35(36,37)38)34-30(26)4-3-14-39-34;1-10(2,3)8(12)7-9(13)11(4,5)6;/h3-17,19H,1-2H3;7,12H,1-6H3;/q-1;;/p+1/b;8-7-;. The maximum Gasteiger partial charge on any atom is 0.418 e. The summed E-state index contributed by atoms with van der Waals surface area (Å²) in [5, 5.41) is 16.6. The maximum atomic E-state index is 13.6. The normalized spacial score (nSPS) is 12.5. The molecule has 279 valence electrons. The van der Waals surface area contributed by atoms with E-state index >= 15 is 0 Å². The van der Waals surface area contributed by atoms with Gasteiger partial charge in [0.25, 0.3) is 0 Å². The fourth-order valence-electron chi connectivity index (χ4n) is 6.43. The molecule has 0 aliphatic rings. The van der Waals surface area contributed by atoms with E-state index in [1.165, 1.54) is 17.8 Å². The summed E-state index contributed by atoms with van der Waals surface area (Å²) >= 11 is 0. The van der Waals surface area contributed by atoms with E-state index in [1.54, 1.807) is 18.2 Å². The first-order valence-corrected chi connectivity index (χ1v) is 17.5. The third-order valence-corrected chi connectivity index (χ3v) is 9.36. The van der Waals surface area contributed by atoms with Crippen molar-refractivity contribution in [2.24, 2.45) is 10.8 Å². The van der Waals surface area contributed by atoms with Gasteiger partial charge in [0, 0.05) is 43.3 Å². The SMILES string of the molecule is CC(C)(C)C(=[OH+])/C=C(\O)C(C)(C)C.Cc1[c-]c(-c2nccc3c2ccc2c4ccc(-c5ccc(C(F)(F)F)c6ncccc56)cc4ccc32)cc(C)c1.[Ir]. The van der Waals surface area contributed by atoms with Crippen LogP contribution in [-0.2, 0) is 26.3 Å². The average molecular weight is 905 g/mol. The molecule has 8 heteroatoms. The molecule has 0 atom stereocenters. The van der Waals surface area contributed by atoms with E-state index < -0.39 is 11.7 Å². The molecule has 2 N–H and O–H groups in total. The van der Waals surface area contributed by atoms with Crippen LogP contribution in [0, 0.1) is 30.7 Å². The van der Waals surface area contributed by atoms with Gasteiger partial charge in [0.05, 0.1) is 22.6 Å². The van der Waals surface area contributed by atoms with Crippen LogP contribution in [0.15, 0.2) is 109 Å². The predicted molar refractivity (Wildman–Crippen MR) is 213 cm³/mol. The van der Waals surface area contributed by atoms with E-state index in [0.717, 1.165) is 66.3 Å². The van der Waals surface area contributed by atoms with Crippen LogP contribution in [0.2, 0.25) is 0 Å². The number of alkyl halides is 3. The Balaban J connectivity index is 0.000000346. The first-order chi connectivity index (χ1) is 24.8. The molecule has 0 saturated carbocycles. The van der Waals surface area contributed by atoms with Crippen LogP contribution in [0.5, 0.6) is 0 Å². The zero-order chi connectivity index (χ0) is 38.5. The van der Waals surface area contributed by atoms with E-state index in [-0.39, 0.29) is 48.0 Å². The van der Waals surface area contributed by atoms with Gasteiger partial charge in [-0.05, 0) is 94.2 Å². The minimum atomic E-state index is -4.47. The van der Waals surface area contributed by atoms with Gasteiger partial charge < -0.3 is 10.1 Å². The summed E-state index contributed by atoms with van der Waals surface area (Å²) in [5.41, 5.74) is 4.32. The molecular formula is C46H43F3IrN2O2. The largest absolute Gasteiger partial charge is 0.511 e. The monoisotopic (exact) mass is 905 g/mol. The van der Waals surface area contributed by atoms with Gasteiger partial charge in [-0.1, -0.05) is 83.1 Å². The predicted octanol–water partition coefficient (Wildman–Crippen LogP) is 12.9. The van der Waals surface area contributed by atoms with Gasteiger partial charge in [-0.3, -0.25) is 9.78 Å². The summed E-state index contributed by atoms with van der Waals surface area (Å²) < 4.78 is 40.9. The maximum absolute atomic E-state index is 13.6. The second-order valence-corrected chi connectivity index (χ2v) is 15.6. The van der Waals surface area contributed by atoms with Gasteiger partial charge >= 0.3 is 12.0 Å². The minimum Gasteiger partial charge on any atom is -0.511 e.